The minimum absolute atomic E-state index is 0.0112. The molecule has 1 heterocycles. The number of aliphatic hydroxyl groups excluding tert-OH is 2. The van der Waals surface area contributed by atoms with Gasteiger partial charge in [0.2, 0.25) is 0 Å². The Kier molecular flexibility index (Phi) is 4.92. The Bertz CT molecular complexity index is 321. The molecule has 0 spiro atoms. The molecule has 1 aromatic rings. The summed E-state index contributed by atoms with van der Waals surface area (Å²) in [5, 5.41) is 18.4. The monoisotopic (exact) mass is 243 g/mol. The van der Waals surface area contributed by atoms with Crippen molar-refractivity contribution in [3.05, 3.63) is 21.9 Å². The number of aryl methyl sites for hydroxylation is 1. The van der Waals surface area contributed by atoms with Crippen molar-refractivity contribution >= 4 is 11.3 Å². The van der Waals surface area contributed by atoms with E-state index in [2.05, 4.69) is 24.0 Å². The summed E-state index contributed by atoms with van der Waals surface area (Å²) in [6, 6.07) is 4.25. The first-order valence-corrected chi connectivity index (χ1v) is 6.26. The molecule has 0 aliphatic rings. The smallest absolute Gasteiger partial charge is 0.0519 e. The van der Waals surface area contributed by atoms with Crippen molar-refractivity contribution in [3.8, 4) is 0 Å². The highest BCUT2D eigenvalue weighted by atomic mass is 32.1. The van der Waals surface area contributed by atoms with Gasteiger partial charge < -0.3 is 15.1 Å². The van der Waals surface area contributed by atoms with Crippen LogP contribution in [0, 0.1) is 12.3 Å². The predicted octanol–water partition coefficient (Wildman–Crippen LogP) is 1.48. The fraction of sp³-hybridized carbons (Fsp3) is 0.667. The lowest BCUT2D eigenvalue weighted by atomic mass is 9.92. The van der Waals surface area contributed by atoms with Crippen molar-refractivity contribution in [1.82, 2.24) is 4.90 Å². The molecular formula is C12H21NO2S. The Morgan fingerprint density at radius 3 is 2.38 bits per heavy atom. The minimum Gasteiger partial charge on any atom is -0.396 e. The van der Waals surface area contributed by atoms with E-state index in [-0.39, 0.29) is 13.2 Å². The first-order valence-electron chi connectivity index (χ1n) is 5.45. The maximum atomic E-state index is 9.22. The van der Waals surface area contributed by atoms with Gasteiger partial charge in [0.1, 0.15) is 0 Å². The number of thiophene rings is 1. The molecule has 92 valence electrons. The highest BCUT2D eigenvalue weighted by molar-refractivity contribution is 7.11. The molecule has 1 aromatic heterocycles. The van der Waals surface area contributed by atoms with E-state index in [1.807, 2.05) is 14.0 Å². The van der Waals surface area contributed by atoms with Crippen molar-refractivity contribution in [1.29, 1.82) is 0 Å². The average molecular weight is 243 g/mol. The van der Waals surface area contributed by atoms with E-state index in [0.717, 1.165) is 6.54 Å². The standard InChI is InChI=1S/C12H21NO2S/c1-10-4-5-11(16-10)6-13(3)7-12(2,8-14)9-15/h4-5,14-15H,6-9H2,1-3H3. The van der Waals surface area contributed by atoms with Crippen molar-refractivity contribution in [2.45, 2.75) is 20.4 Å². The van der Waals surface area contributed by atoms with Gasteiger partial charge in [-0.3, -0.25) is 0 Å². The van der Waals surface area contributed by atoms with Gasteiger partial charge in [0.25, 0.3) is 0 Å². The molecule has 0 fully saturated rings. The summed E-state index contributed by atoms with van der Waals surface area (Å²) >= 11 is 1.79. The van der Waals surface area contributed by atoms with Crippen molar-refractivity contribution in [2.75, 3.05) is 26.8 Å². The summed E-state index contributed by atoms with van der Waals surface area (Å²) < 4.78 is 0. The fourth-order valence-electron chi connectivity index (χ4n) is 1.69. The Labute approximate surface area is 101 Å². The van der Waals surface area contributed by atoms with Gasteiger partial charge in [-0.05, 0) is 26.1 Å². The fourth-order valence-corrected chi connectivity index (χ4v) is 2.66. The molecule has 0 aliphatic carbocycles. The molecule has 4 heteroatoms. The van der Waals surface area contributed by atoms with Gasteiger partial charge in [-0.2, -0.15) is 0 Å². The number of hydrogen-bond acceptors (Lipinski definition) is 4. The molecule has 0 saturated carbocycles. The normalized spacial score (nSPS) is 12.4. The zero-order chi connectivity index (χ0) is 12.2. The summed E-state index contributed by atoms with van der Waals surface area (Å²) in [5.74, 6) is 0. The molecule has 0 bridgehead atoms. The van der Waals surface area contributed by atoms with Crippen molar-refractivity contribution in [2.24, 2.45) is 5.41 Å². The summed E-state index contributed by atoms with van der Waals surface area (Å²) in [5.41, 5.74) is -0.416. The van der Waals surface area contributed by atoms with Gasteiger partial charge in [0.05, 0.1) is 13.2 Å². The molecule has 16 heavy (non-hydrogen) atoms. The maximum absolute atomic E-state index is 9.22. The van der Waals surface area contributed by atoms with Crippen LogP contribution in [-0.2, 0) is 6.54 Å². The highest BCUT2D eigenvalue weighted by Gasteiger charge is 2.24. The van der Waals surface area contributed by atoms with Crippen LogP contribution < -0.4 is 0 Å². The van der Waals surface area contributed by atoms with Gasteiger partial charge >= 0.3 is 0 Å². The number of rotatable bonds is 6. The van der Waals surface area contributed by atoms with Gasteiger partial charge in [0.15, 0.2) is 0 Å². The first-order chi connectivity index (χ1) is 7.49. The van der Waals surface area contributed by atoms with E-state index < -0.39 is 5.41 Å². The molecule has 0 saturated heterocycles. The van der Waals surface area contributed by atoms with E-state index in [1.54, 1.807) is 11.3 Å². The van der Waals surface area contributed by atoms with Crippen LogP contribution in [0.15, 0.2) is 12.1 Å². The van der Waals surface area contributed by atoms with E-state index in [1.165, 1.54) is 9.75 Å². The Balaban J connectivity index is 2.50. The van der Waals surface area contributed by atoms with Crippen LogP contribution in [0.3, 0.4) is 0 Å². The summed E-state index contributed by atoms with van der Waals surface area (Å²) in [7, 11) is 2.01. The van der Waals surface area contributed by atoms with Crippen LogP contribution in [0.4, 0.5) is 0 Å². The summed E-state index contributed by atoms with van der Waals surface area (Å²) in [4.78, 5) is 4.77. The second kappa shape index (κ2) is 5.77. The third-order valence-electron chi connectivity index (χ3n) is 2.64. The molecule has 0 atom stereocenters. The predicted molar refractivity (Wildman–Crippen MR) is 67.7 cm³/mol. The van der Waals surface area contributed by atoms with Gasteiger partial charge in [-0.15, -0.1) is 11.3 Å². The highest BCUT2D eigenvalue weighted by Crippen LogP contribution is 2.20. The molecule has 0 aromatic carbocycles. The van der Waals surface area contributed by atoms with Crippen LogP contribution in [0.25, 0.3) is 0 Å². The van der Waals surface area contributed by atoms with Gasteiger partial charge in [0, 0.05) is 28.3 Å². The molecule has 0 amide bonds. The molecule has 0 unspecified atom stereocenters. The minimum atomic E-state index is -0.416. The molecule has 0 aliphatic heterocycles. The van der Waals surface area contributed by atoms with E-state index in [9.17, 15) is 10.2 Å². The number of hydrogen-bond donors (Lipinski definition) is 2. The number of aliphatic hydroxyl groups is 2. The summed E-state index contributed by atoms with van der Waals surface area (Å²) in [6.45, 7) is 5.57. The zero-order valence-electron chi connectivity index (χ0n) is 10.2. The second-order valence-electron chi connectivity index (χ2n) is 4.81. The lowest BCUT2D eigenvalue weighted by Crippen LogP contribution is -2.38. The van der Waals surface area contributed by atoms with E-state index in [4.69, 9.17) is 0 Å². The third kappa shape index (κ3) is 3.87. The third-order valence-corrected chi connectivity index (χ3v) is 3.62. The quantitative estimate of drug-likeness (QED) is 0.795. The molecule has 3 nitrogen and oxygen atoms in total. The Morgan fingerprint density at radius 2 is 1.94 bits per heavy atom. The zero-order valence-corrected chi connectivity index (χ0v) is 11.0. The van der Waals surface area contributed by atoms with Gasteiger partial charge in [-0.1, -0.05) is 6.92 Å². The Hall–Kier alpha value is -0.420. The molecular weight excluding hydrogens is 222 g/mol. The molecule has 0 radical (unpaired) electrons. The van der Waals surface area contributed by atoms with Crippen LogP contribution >= 0.6 is 11.3 Å². The lowest BCUT2D eigenvalue weighted by Gasteiger charge is -2.30. The Morgan fingerprint density at radius 1 is 1.31 bits per heavy atom. The van der Waals surface area contributed by atoms with Crippen LogP contribution in [-0.4, -0.2) is 41.9 Å². The van der Waals surface area contributed by atoms with E-state index in [0.29, 0.717) is 6.54 Å². The number of nitrogens with zero attached hydrogens (tertiary/aromatic N) is 1. The van der Waals surface area contributed by atoms with Crippen LogP contribution in [0.5, 0.6) is 0 Å². The topological polar surface area (TPSA) is 43.7 Å². The van der Waals surface area contributed by atoms with E-state index >= 15 is 0 Å². The lowest BCUT2D eigenvalue weighted by molar-refractivity contribution is 0.0404. The molecule has 1 rings (SSSR count). The maximum Gasteiger partial charge on any atom is 0.0519 e. The van der Waals surface area contributed by atoms with Gasteiger partial charge in [-0.25, -0.2) is 0 Å². The van der Waals surface area contributed by atoms with Crippen LogP contribution in [0.2, 0.25) is 0 Å². The first kappa shape index (κ1) is 13.6. The van der Waals surface area contributed by atoms with Crippen LogP contribution in [0.1, 0.15) is 16.7 Å². The SMILES string of the molecule is Cc1ccc(CN(C)CC(C)(CO)CO)s1. The molecule has 2 N–H and O–H groups in total. The van der Waals surface area contributed by atoms with Crippen molar-refractivity contribution < 1.29 is 10.2 Å². The van der Waals surface area contributed by atoms with Crippen molar-refractivity contribution in [3.63, 3.8) is 0 Å². The summed E-state index contributed by atoms with van der Waals surface area (Å²) in [6.07, 6.45) is 0. The average Bonchev–Trinajstić information content (AvgIpc) is 2.63. The largest absolute Gasteiger partial charge is 0.396 e. The second-order valence-corrected chi connectivity index (χ2v) is 6.18.